The van der Waals surface area contributed by atoms with Gasteiger partial charge in [0.25, 0.3) is 5.91 Å². The van der Waals surface area contributed by atoms with Crippen molar-refractivity contribution in [1.82, 2.24) is 9.80 Å². The third-order valence-corrected chi connectivity index (χ3v) is 3.94. The molecule has 3 N–H and O–H groups in total. The van der Waals surface area contributed by atoms with Crippen molar-refractivity contribution in [2.45, 2.75) is 6.42 Å². The van der Waals surface area contributed by atoms with Crippen molar-refractivity contribution in [3.63, 3.8) is 0 Å². The maximum atomic E-state index is 12.5. The molecule has 0 atom stereocenters. The molecule has 21 heavy (non-hydrogen) atoms. The number of amides is 1. The predicted molar refractivity (Wildman–Crippen MR) is 86.4 cm³/mol. The first-order chi connectivity index (χ1) is 10.1. The number of β-amino-alcohol motifs (C(OH)–C–C–N with tert-alkyl or cyclic N) is 1. The van der Waals surface area contributed by atoms with Gasteiger partial charge in [-0.2, -0.15) is 0 Å². The van der Waals surface area contributed by atoms with Gasteiger partial charge in [-0.3, -0.25) is 9.69 Å². The summed E-state index contributed by atoms with van der Waals surface area (Å²) in [5, 5.41) is 8.99. The van der Waals surface area contributed by atoms with E-state index in [-0.39, 0.29) is 12.5 Å². The van der Waals surface area contributed by atoms with Gasteiger partial charge in [0, 0.05) is 37.3 Å². The summed E-state index contributed by atoms with van der Waals surface area (Å²) in [5.41, 5.74) is 6.99. The molecule has 0 unspecified atom stereocenters. The van der Waals surface area contributed by atoms with E-state index in [0.717, 1.165) is 31.6 Å². The average molecular weight is 307 g/mol. The summed E-state index contributed by atoms with van der Waals surface area (Å²) in [4.78, 5) is 16.9. The van der Waals surface area contributed by atoms with Crippen LogP contribution in [0, 0.1) is 0 Å². The van der Waals surface area contributed by atoms with E-state index in [2.05, 4.69) is 4.90 Å². The maximum Gasteiger partial charge on any atom is 0.253 e. The van der Waals surface area contributed by atoms with Crippen molar-refractivity contribution in [3.05, 3.63) is 35.4 Å². The minimum Gasteiger partial charge on any atom is -0.395 e. The zero-order valence-electron chi connectivity index (χ0n) is 12.0. The lowest BCUT2D eigenvalue weighted by atomic mass is 10.1. The lowest BCUT2D eigenvalue weighted by Crippen LogP contribution is -2.35. The summed E-state index contributed by atoms with van der Waals surface area (Å²) in [6.07, 6.45) is 0.927. The minimum absolute atomic E-state index is 0.0374. The molecule has 6 heteroatoms. The van der Waals surface area contributed by atoms with E-state index >= 15 is 0 Å². The monoisotopic (exact) mass is 307 g/mol. The molecule has 0 aliphatic carbocycles. The number of rotatable bonds is 4. The van der Waals surface area contributed by atoms with Crippen molar-refractivity contribution in [2.24, 2.45) is 5.73 Å². The Balaban J connectivity index is 2.00. The van der Waals surface area contributed by atoms with Crippen molar-refractivity contribution < 1.29 is 9.90 Å². The van der Waals surface area contributed by atoms with E-state index in [1.807, 2.05) is 4.90 Å². The number of carbonyl (C=O) groups is 1. The quantitative estimate of drug-likeness (QED) is 0.791. The molecule has 0 bridgehead atoms. The molecule has 1 amide bonds. The van der Waals surface area contributed by atoms with Gasteiger partial charge in [-0.05, 0) is 25.1 Å². The maximum absolute atomic E-state index is 12.5. The van der Waals surface area contributed by atoms with E-state index in [1.165, 1.54) is 0 Å². The summed E-state index contributed by atoms with van der Waals surface area (Å²) in [6, 6.07) is 7.11. The van der Waals surface area contributed by atoms with E-state index in [9.17, 15) is 4.79 Å². The zero-order chi connectivity index (χ0) is 15.2. The molecule has 0 saturated carbocycles. The molecule has 1 heterocycles. The number of thiocarbonyl (C=S) groups is 1. The van der Waals surface area contributed by atoms with E-state index in [0.29, 0.717) is 23.6 Å². The van der Waals surface area contributed by atoms with Crippen LogP contribution in [0.2, 0.25) is 0 Å². The Bertz CT molecular complexity index is 504. The lowest BCUT2D eigenvalue weighted by Gasteiger charge is -2.21. The first kappa shape index (κ1) is 15.9. The second-order valence-electron chi connectivity index (χ2n) is 5.15. The van der Waals surface area contributed by atoms with Crippen molar-refractivity contribution >= 4 is 23.1 Å². The van der Waals surface area contributed by atoms with Gasteiger partial charge in [0.15, 0.2) is 0 Å². The van der Waals surface area contributed by atoms with Gasteiger partial charge in [-0.1, -0.05) is 24.4 Å². The number of aliphatic hydroxyl groups is 1. The largest absolute Gasteiger partial charge is 0.395 e. The van der Waals surface area contributed by atoms with Gasteiger partial charge in [-0.25, -0.2) is 0 Å². The number of hydrogen-bond donors (Lipinski definition) is 2. The van der Waals surface area contributed by atoms with Crippen LogP contribution >= 0.6 is 12.2 Å². The van der Waals surface area contributed by atoms with Crippen LogP contribution in [0.1, 0.15) is 22.3 Å². The van der Waals surface area contributed by atoms with E-state index < -0.39 is 0 Å². The third kappa shape index (κ3) is 4.23. The minimum atomic E-state index is 0.0374. The molecule has 5 nitrogen and oxygen atoms in total. The Morgan fingerprint density at radius 3 is 2.43 bits per heavy atom. The molecule has 1 aliphatic rings. The highest BCUT2D eigenvalue weighted by Crippen LogP contribution is 2.11. The molecule has 0 spiro atoms. The molecule has 0 radical (unpaired) electrons. The lowest BCUT2D eigenvalue weighted by molar-refractivity contribution is 0.0760. The Labute approximate surface area is 130 Å². The highest BCUT2D eigenvalue weighted by Gasteiger charge is 2.19. The number of aliphatic hydroxyl groups excluding tert-OH is 1. The van der Waals surface area contributed by atoms with Gasteiger partial charge in [-0.15, -0.1) is 0 Å². The first-order valence-electron chi connectivity index (χ1n) is 7.14. The number of carbonyl (C=O) groups excluding carboxylic acids is 1. The fourth-order valence-corrected chi connectivity index (χ4v) is 2.63. The average Bonchev–Trinajstić information content (AvgIpc) is 2.73. The summed E-state index contributed by atoms with van der Waals surface area (Å²) in [6.45, 7) is 3.99. The van der Waals surface area contributed by atoms with Crippen LogP contribution in [-0.2, 0) is 0 Å². The van der Waals surface area contributed by atoms with E-state index in [4.69, 9.17) is 23.1 Å². The summed E-state index contributed by atoms with van der Waals surface area (Å²) in [5.74, 6) is 0.0374. The van der Waals surface area contributed by atoms with Crippen molar-refractivity contribution in [2.75, 3.05) is 39.3 Å². The van der Waals surface area contributed by atoms with Crippen LogP contribution in [0.15, 0.2) is 24.3 Å². The summed E-state index contributed by atoms with van der Waals surface area (Å²) < 4.78 is 0. The summed E-state index contributed by atoms with van der Waals surface area (Å²) >= 11 is 4.91. The Hall–Kier alpha value is -1.50. The van der Waals surface area contributed by atoms with Crippen LogP contribution in [-0.4, -0.2) is 65.1 Å². The molecule has 1 saturated heterocycles. The zero-order valence-corrected chi connectivity index (χ0v) is 12.8. The van der Waals surface area contributed by atoms with Crippen LogP contribution in [0.4, 0.5) is 0 Å². The topological polar surface area (TPSA) is 69.8 Å². The second kappa shape index (κ2) is 7.49. The number of nitrogens with zero attached hydrogens (tertiary/aromatic N) is 2. The Morgan fingerprint density at radius 1 is 1.14 bits per heavy atom. The molecule has 114 valence electrons. The fraction of sp³-hybridized carbons (Fsp3) is 0.467. The Kier molecular flexibility index (Phi) is 5.67. The highest BCUT2D eigenvalue weighted by molar-refractivity contribution is 7.80. The summed E-state index contributed by atoms with van der Waals surface area (Å²) in [7, 11) is 0. The molecule has 1 aromatic rings. The van der Waals surface area contributed by atoms with Crippen LogP contribution in [0.25, 0.3) is 0 Å². The smallest absolute Gasteiger partial charge is 0.253 e. The fourth-order valence-electron chi connectivity index (χ4n) is 2.50. The second-order valence-corrected chi connectivity index (χ2v) is 5.59. The van der Waals surface area contributed by atoms with Crippen LogP contribution in [0.3, 0.4) is 0 Å². The molecule has 2 rings (SSSR count). The predicted octanol–water partition coefficient (Wildman–Crippen LogP) is 0.461. The SMILES string of the molecule is NC(=S)c1ccc(C(=O)N2CCCN(CCO)CC2)cc1. The van der Waals surface area contributed by atoms with E-state index in [1.54, 1.807) is 24.3 Å². The number of benzene rings is 1. The van der Waals surface area contributed by atoms with Gasteiger partial charge >= 0.3 is 0 Å². The van der Waals surface area contributed by atoms with Gasteiger partial charge in [0.1, 0.15) is 4.99 Å². The molecule has 1 aliphatic heterocycles. The molecular formula is C15H21N3O2S. The van der Waals surface area contributed by atoms with Crippen LogP contribution in [0.5, 0.6) is 0 Å². The van der Waals surface area contributed by atoms with Crippen molar-refractivity contribution in [1.29, 1.82) is 0 Å². The number of nitrogens with two attached hydrogens (primary N) is 1. The van der Waals surface area contributed by atoms with Crippen molar-refractivity contribution in [3.8, 4) is 0 Å². The molecule has 1 aromatic carbocycles. The third-order valence-electron chi connectivity index (χ3n) is 3.71. The van der Waals surface area contributed by atoms with Gasteiger partial charge in [0.2, 0.25) is 0 Å². The standard InChI is InChI=1S/C15H21N3O2S/c16-14(21)12-2-4-13(5-3-12)15(20)18-7-1-6-17(8-9-18)10-11-19/h2-5,19H,1,6-11H2,(H2,16,21). The van der Waals surface area contributed by atoms with Crippen LogP contribution < -0.4 is 5.73 Å². The molecule has 1 fully saturated rings. The number of hydrogen-bond acceptors (Lipinski definition) is 4. The molecular weight excluding hydrogens is 286 g/mol. The van der Waals surface area contributed by atoms with Gasteiger partial charge < -0.3 is 15.7 Å². The highest BCUT2D eigenvalue weighted by atomic mass is 32.1. The van der Waals surface area contributed by atoms with Gasteiger partial charge in [0.05, 0.1) is 6.61 Å². The molecule has 0 aromatic heterocycles. The normalized spacial score (nSPS) is 16.5. The first-order valence-corrected chi connectivity index (χ1v) is 7.55. The Morgan fingerprint density at radius 2 is 1.81 bits per heavy atom.